The minimum atomic E-state index is -0.136. The summed E-state index contributed by atoms with van der Waals surface area (Å²) in [6.45, 7) is 6.25. The van der Waals surface area contributed by atoms with Gasteiger partial charge in [-0.2, -0.15) is 10.2 Å². The molecule has 0 aliphatic rings. The van der Waals surface area contributed by atoms with Gasteiger partial charge in [0.1, 0.15) is 0 Å². The van der Waals surface area contributed by atoms with Crippen molar-refractivity contribution in [2.75, 3.05) is 6.54 Å². The summed E-state index contributed by atoms with van der Waals surface area (Å²) in [5.41, 5.74) is 2.72. The molecule has 0 spiro atoms. The number of rotatable bonds is 6. The van der Waals surface area contributed by atoms with Gasteiger partial charge in [0.05, 0.1) is 35.5 Å². The second kappa shape index (κ2) is 7.78. The van der Waals surface area contributed by atoms with Crippen LogP contribution >= 0.6 is 11.6 Å². The van der Waals surface area contributed by atoms with Gasteiger partial charge in [0.2, 0.25) is 0 Å². The van der Waals surface area contributed by atoms with Gasteiger partial charge >= 0.3 is 6.03 Å². The van der Waals surface area contributed by atoms with Crippen LogP contribution in [0.15, 0.2) is 30.6 Å². The molecule has 2 aromatic heterocycles. The molecule has 3 rings (SSSR count). The number of nitrogens with one attached hydrogen (secondary N) is 1. The molecule has 0 saturated heterocycles. The van der Waals surface area contributed by atoms with Crippen molar-refractivity contribution >= 4 is 28.5 Å². The Morgan fingerprint density at radius 1 is 1.35 bits per heavy atom. The highest BCUT2D eigenvalue weighted by atomic mass is 35.5. The summed E-state index contributed by atoms with van der Waals surface area (Å²) in [5.74, 6) is 0. The van der Waals surface area contributed by atoms with E-state index in [4.69, 9.17) is 11.6 Å². The first-order valence-corrected chi connectivity index (χ1v) is 9.05. The Labute approximate surface area is 157 Å². The zero-order valence-electron chi connectivity index (χ0n) is 15.2. The third-order valence-electron chi connectivity index (χ3n) is 4.36. The van der Waals surface area contributed by atoms with E-state index in [0.717, 1.165) is 28.7 Å². The summed E-state index contributed by atoms with van der Waals surface area (Å²) in [7, 11) is 1.87. The smallest absolute Gasteiger partial charge is 0.318 e. The molecule has 0 fully saturated rings. The molecule has 0 saturated carbocycles. The fraction of sp³-hybridized carbons (Fsp3) is 0.389. The molecule has 1 aromatic carbocycles. The number of nitrogens with zero attached hydrogens (tertiary/aromatic N) is 5. The summed E-state index contributed by atoms with van der Waals surface area (Å²) in [5, 5.41) is 13.2. The SMILES string of the molecule is CCN(Cc1cnn(CC)c1)C(=O)NCc1nn(C)c2cccc(Cl)c12. The van der Waals surface area contributed by atoms with Gasteiger partial charge in [-0.05, 0) is 26.0 Å². The van der Waals surface area contributed by atoms with Crippen LogP contribution < -0.4 is 5.32 Å². The lowest BCUT2D eigenvalue weighted by atomic mass is 10.2. The van der Waals surface area contributed by atoms with Gasteiger partial charge in [-0.15, -0.1) is 0 Å². The molecule has 8 heteroatoms. The summed E-state index contributed by atoms with van der Waals surface area (Å²) in [6.07, 6.45) is 3.76. The Kier molecular flexibility index (Phi) is 5.46. The quantitative estimate of drug-likeness (QED) is 0.720. The van der Waals surface area contributed by atoms with Gasteiger partial charge in [-0.3, -0.25) is 9.36 Å². The first-order valence-electron chi connectivity index (χ1n) is 8.67. The van der Waals surface area contributed by atoms with Gasteiger partial charge in [-0.25, -0.2) is 4.79 Å². The van der Waals surface area contributed by atoms with Gasteiger partial charge in [0, 0.05) is 37.3 Å². The number of carbonyl (C=O) groups is 1. The molecule has 0 bridgehead atoms. The van der Waals surface area contributed by atoms with E-state index >= 15 is 0 Å². The standard InChI is InChI=1S/C18H23ClN6O/c1-4-24(11-13-9-21-25(5-2)12-13)18(26)20-10-15-17-14(19)7-6-8-16(17)23(3)22-15/h6-9,12H,4-5,10-11H2,1-3H3,(H,20,26). The average molecular weight is 375 g/mol. The lowest BCUT2D eigenvalue weighted by Gasteiger charge is -2.20. The molecule has 2 amide bonds. The van der Waals surface area contributed by atoms with Crippen LogP contribution in [-0.4, -0.2) is 37.0 Å². The van der Waals surface area contributed by atoms with Crippen LogP contribution in [0.25, 0.3) is 10.9 Å². The Morgan fingerprint density at radius 2 is 2.15 bits per heavy atom. The van der Waals surface area contributed by atoms with E-state index in [-0.39, 0.29) is 6.03 Å². The van der Waals surface area contributed by atoms with Gasteiger partial charge in [0.25, 0.3) is 0 Å². The summed E-state index contributed by atoms with van der Waals surface area (Å²) in [6, 6.07) is 5.55. The maximum Gasteiger partial charge on any atom is 0.318 e. The number of halogens is 1. The predicted molar refractivity (Wildman–Crippen MR) is 102 cm³/mol. The molecule has 0 aliphatic carbocycles. The summed E-state index contributed by atoms with van der Waals surface area (Å²) < 4.78 is 3.63. The van der Waals surface area contributed by atoms with Crippen molar-refractivity contribution in [1.29, 1.82) is 0 Å². The van der Waals surface area contributed by atoms with Crippen LogP contribution in [0.2, 0.25) is 5.02 Å². The second-order valence-corrected chi connectivity index (χ2v) is 6.49. The Bertz CT molecular complexity index is 916. The predicted octanol–water partition coefficient (Wildman–Crippen LogP) is 3.17. The van der Waals surface area contributed by atoms with E-state index in [1.54, 1.807) is 15.8 Å². The van der Waals surface area contributed by atoms with Crippen LogP contribution in [0.3, 0.4) is 0 Å². The summed E-state index contributed by atoms with van der Waals surface area (Å²) in [4.78, 5) is 14.3. The molecule has 26 heavy (non-hydrogen) atoms. The third kappa shape index (κ3) is 3.67. The van der Waals surface area contributed by atoms with Crippen molar-refractivity contribution in [3.05, 3.63) is 46.9 Å². The molecule has 0 aliphatic heterocycles. The Morgan fingerprint density at radius 3 is 2.85 bits per heavy atom. The van der Waals surface area contributed by atoms with Crippen molar-refractivity contribution in [3.8, 4) is 0 Å². The van der Waals surface area contributed by atoms with Crippen molar-refractivity contribution in [2.24, 2.45) is 7.05 Å². The molecule has 1 N–H and O–H groups in total. The highest BCUT2D eigenvalue weighted by molar-refractivity contribution is 6.35. The molecule has 2 heterocycles. The first kappa shape index (κ1) is 18.3. The molecule has 7 nitrogen and oxygen atoms in total. The Hall–Kier alpha value is -2.54. The number of fused-ring (bicyclic) bond motifs is 1. The molecule has 0 radical (unpaired) electrons. The highest BCUT2D eigenvalue weighted by Gasteiger charge is 2.16. The van der Waals surface area contributed by atoms with E-state index < -0.39 is 0 Å². The van der Waals surface area contributed by atoms with E-state index in [1.807, 2.05) is 50.0 Å². The van der Waals surface area contributed by atoms with E-state index in [2.05, 4.69) is 15.5 Å². The molecule has 138 valence electrons. The number of benzene rings is 1. The van der Waals surface area contributed by atoms with E-state index in [1.165, 1.54) is 0 Å². The number of hydrogen-bond acceptors (Lipinski definition) is 3. The van der Waals surface area contributed by atoms with Crippen LogP contribution in [0.4, 0.5) is 4.79 Å². The van der Waals surface area contributed by atoms with Crippen LogP contribution in [-0.2, 0) is 26.7 Å². The molecule has 0 atom stereocenters. The number of aromatic nitrogens is 4. The van der Waals surface area contributed by atoms with Gasteiger partial charge < -0.3 is 10.2 Å². The first-order chi connectivity index (χ1) is 12.5. The normalized spacial score (nSPS) is 11.1. The minimum Gasteiger partial charge on any atom is -0.332 e. The van der Waals surface area contributed by atoms with E-state index in [0.29, 0.717) is 24.7 Å². The van der Waals surface area contributed by atoms with Crippen molar-refractivity contribution < 1.29 is 4.79 Å². The average Bonchev–Trinajstić information content (AvgIpc) is 3.23. The maximum atomic E-state index is 12.6. The molecular formula is C18H23ClN6O. The highest BCUT2D eigenvalue weighted by Crippen LogP contribution is 2.26. The zero-order valence-corrected chi connectivity index (χ0v) is 16.0. The second-order valence-electron chi connectivity index (χ2n) is 6.08. The fourth-order valence-corrected chi connectivity index (χ4v) is 3.24. The zero-order chi connectivity index (χ0) is 18.7. The van der Waals surface area contributed by atoms with Crippen LogP contribution in [0.5, 0.6) is 0 Å². The largest absolute Gasteiger partial charge is 0.332 e. The van der Waals surface area contributed by atoms with Crippen molar-refractivity contribution in [1.82, 2.24) is 29.8 Å². The van der Waals surface area contributed by atoms with Crippen molar-refractivity contribution in [2.45, 2.75) is 33.5 Å². The van der Waals surface area contributed by atoms with Crippen molar-refractivity contribution in [3.63, 3.8) is 0 Å². The number of carbonyl (C=O) groups excluding carboxylic acids is 1. The van der Waals surface area contributed by atoms with Gasteiger partial charge in [-0.1, -0.05) is 17.7 Å². The maximum absolute atomic E-state index is 12.6. The molecular weight excluding hydrogens is 352 g/mol. The third-order valence-corrected chi connectivity index (χ3v) is 4.67. The molecule has 0 unspecified atom stereocenters. The van der Waals surface area contributed by atoms with Gasteiger partial charge in [0.15, 0.2) is 0 Å². The number of urea groups is 1. The monoisotopic (exact) mass is 374 g/mol. The summed E-state index contributed by atoms with van der Waals surface area (Å²) >= 11 is 6.32. The topological polar surface area (TPSA) is 68.0 Å². The number of aryl methyl sites for hydroxylation is 2. The lowest BCUT2D eigenvalue weighted by molar-refractivity contribution is 0.197. The number of hydrogen-bond donors (Lipinski definition) is 1. The minimum absolute atomic E-state index is 0.136. The van der Waals surface area contributed by atoms with Crippen LogP contribution in [0.1, 0.15) is 25.1 Å². The molecule has 3 aromatic rings. The van der Waals surface area contributed by atoms with Crippen LogP contribution in [0, 0.1) is 0 Å². The lowest BCUT2D eigenvalue weighted by Crippen LogP contribution is -2.39. The van der Waals surface area contributed by atoms with E-state index in [9.17, 15) is 4.79 Å². The fourth-order valence-electron chi connectivity index (χ4n) is 2.96. The Balaban J connectivity index is 1.69. The number of amides is 2.